The summed E-state index contributed by atoms with van der Waals surface area (Å²) in [6.07, 6.45) is 0. The van der Waals surface area contributed by atoms with Gasteiger partial charge in [-0.3, -0.25) is 9.48 Å². The fourth-order valence-corrected chi connectivity index (χ4v) is 1.93. The van der Waals surface area contributed by atoms with Crippen molar-refractivity contribution >= 4 is 5.91 Å². The molecule has 0 bridgehead atoms. The minimum absolute atomic E-state index is 0.0572. The number of aromatic nitrogens is 2. The first-order valence-electron chi connectivity index (χ1n) is 5.92. The lowest BCUT2D eigenvalue weighted by molar-refractivity contribution is 0.0951. The highest BCUT2D eigenvalue weighted by atomic mass is 16.1. The van der Waals surface area contributed by atoms with Crippen molar-refractivity contribution < 1.29 is 4.79 Å². The first kappa shape index (κ1) is 12.4. The molecule has 1 amide bonds. The van der Waals surface area contributed by atoms with Crippen LogP contribution in [0.5, 0.6) is 0 Å². The van der Waals surface area contributed by atoms with Crippen LogP contribution in [0.2, 0.25) is 0 Å². The van der Waals surface area contributed by atoms with Gasteiger partial charge in [0.2, 0.25) is 0 Å². The quantitative estimate of drug-likeness (QED) is 0.895. The predicted octanol–water partition coefficient (Wildman–Crippen LogP) is 1.97. The number of carbonyl (C=O) groups is 1. The van der Waals surface area contributed by atoms with Crippen molar-refractivity contribution in [2.45, 2.75) is 20.4 Å². The van der Waals surface area contributed by atoms with Crippen LogP contribution in [0.15, 0.2) is 30.3 Å². The Balaban J connectivity index is 2.06. The number of benzene rings is 1. The number of nitrogens with one attached hydrogen (secondary N) is 1. The van der Waals surface area contributed by atoms with E-state index < -0.39 is 0 Å². The van der Waals surface area contributed by atoms with Crippen LogP contribution in [0.1, 0.15) is 27.3 Å². The van der Waals surface area contributed by atoms with Gasteiger partial charge in [-0.2, -0.15) is 5.10 Å². The summed E-state index contributed by atoms with van der Waals surface area (Å²) in [5.74, 6) is -0.0572. The molecule has 1 aromatic carbocycles. The zero-order valence-electron chi connectivity index (χ0n) is 10.9. The van der Waals surface area contributed by atoms with Crippen molar-refractivity contribution in [3.63, 3.8) is 0 Å². The van der Waals surface area contributed by atoms with Crippen LogP contribution in [0.25, 0.3) is 0 Å². The zero-order valence-corrected chi connectivity index (χ0v) is 10.9. The number of hydrogen-bond donors (Lipinski definition) is 1. The molecule has 0 aliphatic heterocycles. The topological polar surface area (TPSA) is 46.9 Å². The van der Waals surface area contributed by atoms with Crippen LogP contribution < -0.4 is 5.32 Å². The maximum absolute atomic E-state index is 11.9. The van der Waals surface area contributed by atoms with Gasteiger partial charge in [-0.15, -0.1) is 0 Å². The van der Waals surface area contributed by atoms with E-state index in [-0.39, 0.29) is 5.91 Å². The maximum Gasteiger partial charge on any atom is 0.251 e. The lowest BCUT2D eigenvalue weighted by Crippen LogP contribution is -2.23. The standard InChI is InChI=1S/C14H17N3O/c1-10-13(11(2)17(3)16-10)9-15-14(18)12-7-5-4-6-8-12/h4-8H,9H2,1-3H3,(H,15,18). The molecule has 2 aromatic rings. The molecule has 0 saturated carbocycles. The average Bonchev–Trinajstić information content (AvgIpc) is 2.62. The SMILES string of the molecule is Cc1nn(C)c(C)c1CNC(=O)c1ccccc1. The molecular weight excluding hydrogens is 226 g/mol. The third-order valence-corrected chi connectivity index (χ3v) is 3.12. The second-order valence-electron chi connectivity index (χ2n) is 4.32. The maximum atomic E-state index is 11.9. The van der Waals surface area contributed by atoms with Gasteiger partial charge in [-0.25, -0.2) is 0 Å². The number of amides is 1. The summed E-state index contributed by atoms with van der Waals surface area (Å²) >= 11 is 0. The molecule has 2 rings (SSSR count). The van der Waals surface area contributed by atoms with Gasteiger partial charge in [0, 0.05) is 30.4 Å². The molecule has 1 aromatic heterocycles. The van der Waals surface area contributed by atoms with Crippen LogP contribution in [-0.4, -0.2) is 15.7 Å². The summed E-state index contributed by atoms with van der Waals surface area (Å²) < 4.78 is 1.83. The van der Waals surface area contributed by atoms with Gasteiger partial charge in [0.15, 0.2) is 0 Å². The predicted molar refractivity (Wildman–Crippen MR) is 70.3 cm³/mol. The minimum Gasteiger partial charge on any atom is -0.348 e. The molecular formula is C14H17N3O. The van der Waals surface area contributed by atoms with Crippen molar-refractivity contribution in [3.05, 3.63) is 52.8 Å². The van der Waals surface area contributed by atoms with Crippen molar-refractivity contribution in [3.8, 4) is 0 Å². The fraction of sp³-hybridized carbons (Fsp3) is 0.286. The molecule has 94 valence electrons. The van der Waals surface area contributed by atoms with E-state index in [1.54, 1.807) is 12.1 Å². The van der Waals surface area contributed by atoms with Crippen molar-refractivity contribution in [1.82, 2.24) is 15.1 Å². The van der Waals surface area contributed by atoms with Gasteiger partial charge in [0.1, 0.15) is 0 Å². The van der Waals surface area contributed by atoms with Crippen LogP contribution in [-0.2, 0) is 13.6 Å². The summed E-state index contributed by atoms with van der Waals surface area (Å²) in [7, 11) is 1.91. The molecule has 0 fully saturated rings. The number of rotatable bonds is 3. The van der Waals surface area contributed by atoms with E-state index in [0.717, 1.165) is 17.0 Å². The highest BCUT2D eigenvalue weighted by molar-refractivity contribution is 5.94. The molecule has 1 N–H and O–H groups in total. The third kappa shape index (κ3) is 2.42. The Kier molecular flexibility index (Phi) is 3.46. The summed E-state index contributed by atoms with van der Waals surface area (Å²) in [5, 5.41) is 7.24. The van der Waals surface area contributed by atoms with Crippen molar-refractivity contribution in [2.75, 3.05) is 0 Å². The van der Waals surface area contributed by atoms with E-state index >= 15 is 0 Å². The minimum atomic E-state index is -0.0572. The van der Waals surface area contributed by atoms with Crippen LogP contribution in [0.3, 0.4) is 0 Å². The molecule has 0 radical (unpaired) electrons. The fourth-order valence-electron chi connectivity index (χ4n) is 1.93. The van der Waals surface area contributed by atoms with E-state index in [9.17, 15) is 4.79 Å². The lowest BCUT2D eigenvalue weighted by Gasteiger charge is -2.05. The summed E-state index contributed by atoms with van der Waals surface area (Å²) in [6, 6.07) is 9.22. The van der Waals surface area contributed by atoms with Gasteiger partial charge in [-0.1, -0.05) is 18.2 Å². The molecule has 0 atom stereocenters. The Bertz CT molecular complexity index is 558. The van der Waals surface area contributed by atoms with Gasteiger partial charge < -0.3 is 5.32 Å². The van der Waals surface area contributed by atoms with Gasteiger partial charge in [-0.05, 0) is 26.0 Å². The highest BCUT2D eigenvalue weighted by Gasteiger charge is 2.11. The van der Waals surface area contributed by atoms with Gasteiger partial charge >= 0.3 is 0 Å². The number of aryl methyl sites for hydroxylation is 2. The Hall–Kier alpha value is -2.10. The third-order valence-electron chi connectivity index (χ3n) is 3.12. The number of nitrogens with zero attached hydrogens (tertiary/aromatic N) is 2. The molecule has 4 heteroatoms. The first-order valence-corrected chi connectivity index (χ1v) is 5.92. The molecule has 0 aliphatic carbocycles. The Labute approximate surface area is 107 Å². The van der Waals surface area contributed by atoms with Crippen molar-refractivity contribution in [1.29, 1.82) is 0 Å². The number of hydrogen-bond acceptors (Lipinski definition) is 2. The smallest absolute Gasteiger partial charge is 0.251 e. The Morgan fingerprint density at radius 2 is 1.94 bits per heavy atom. The Morgan fingerprint density at radius 1 is 1.28 bits per heavy atom. The Morgan fingerprint density at radius 3 is 2.50 bits per heavy atom. The molecule has 18 heavy (non-hydrogen) atoms. The van der Waals surface area contributed by atoms with E-state index in [0.29, 0.717) is 12.1 Å². The normalized spacial score (nSPS) is 10.4. The monoisotopic (exact) mass is 243 g/mol. The van der Waals surface area contributed by atoms with Crippen molar-refractivity contribution in [2.24, 2.45) is 7.05 Å². The summed E-state index contributed by atoms with van der Waals surface area (Å²) in [5.41, 5.74) is 3.81. The van der Waals surface area contributed by atoms with E-state index in [4.69, 9.17) is 0 Å². The van der Waals surface area contributed by atoms with Crippen LogP contribution in [0, 0.1) is 13.8 Å². The molecule has 0 saturated heterocycles. The molecule has 0 unspecified atom stereocenters. The average molecular weight is 243 g/mol. The molecule has 0 aliphatic rings. The largest absolute Gasteiger partial charge is 0.348 e. The highest BCUT2D eigenvalue weighted by Crippen LogP contribution is 2.11. The first-order chi connectivity index (χ1) is 8.59. The van der Waals surface area contributed by atoms with Gasteiger partial charge in [0.25, 0.3) is 5.91 Å². The van der Waals surface area contributed by atoms with Gasteiger partial charge in [0.05, 0.1) is 5.69 Å². The van der Waals surface area contributed by atoms with E-state index in [1.807, 2.05) is 43.8 Å². The second kappa shape index (κ2) is 5.04. The molecule has 0 spiro atoms. The van der Waals surface area contributed by atoms with Crippen LogP contribution >= 0.6 is 0 Å². The molecule has 1 heterocycles. The lowest BCUT2D eigenvalue weighted by atomic mass is 10.1. The summed E-state index contributed by atoms with van der Waals surface area (Å²) in [4.78, 5) is 11.9. The second-order valence-corrected chi connectivity index (χ2v) is 4.32. The summed E-state index contributed by atoms with van der Waals surface area (Å²) in [6.45, 7) is 4.47. The van der Waals surface area contributed by atoms with E-state index in [1.165, 1.54) is 0 Å². The number of carbonyl (C=O) groups excluding carboxylic acids is 1. The molecule has 4 nitrogen and oxygen atoms in total. The zero-order chi connectivity index (χ0) is 13.1. The van der Waals surface area contributed by atoms with Crippen LogP contribution in [0.4, 0.5) is 0 Å². The van der Waals surface area contributed by atoms with E-state index in [2.05, 4.69) is 10.4 Å².